The summed E-state index contributed by atoms with van der Waals surface area (Å²) < 4.78 is 0.882. The number of halogens is 1. The summed E-state index contributed by atoms with van der Waals surface area (Å²) in [7, 11) is 0. The van der Waals surface area contributed by atoms with Gasteiger partial charge in [0.2, 0.25) is 5.91 Å². The summed E-state index contributed by atoms with van der Waals surface area (Å²) in [5.41, 5.74) is 0.792. The van der Waals surface area contributed by atoms with Crippen LogP contribution < -0.4 is 5.32 Å². The minimum atomic E-state index is -0.0134. The van der Waals surface area contributed by atoms with Crippen molar-refractivity contribution in [2.75, 3.05) is 31.6 Å². The molecule has 0 radical (unpaired) electrons. The molecule has 1 aliphatic heterocycles. The minimum Gasteiger partial charge on any atom is -0.396 e. The van der Waals surface area contributed by atoms with Crippen LogP contribution in [0.15, 0.2) is 28.7 Å². The van der Waals surface area contributed by atoms with Crippen molar-refractivity contribution in [1.82, 2.24) is 4.90 Å². The Labute approximate surface area is 115 Å². The van der Waals surface area contributed by atoms with E-state index in [1.165, 1.54) is 0 Å². The van der Waals surface area contributed by atoms with Crippen molar-refractivity contribution >= 4 is 27.5 Å². The zero-order chi connectivity index (χ0) is 13.0. The molecule has 98 valence electrons. The first kappa shape index (κ1) is 13.5. The van der Waals surface area contributed by atoms with Gasteiger partial charge in [-0.25, -0.2) is 0 Å². The second-order valence-electron chi connectivity index (χ2n) is 4.60. The van der Waals surface area contributed by atoms with Crippen LogP contribution in [0, 0.1) is 5.92 Å². The van der Waals surface area contributed by atoms with Crippen LogP contribution >= 0.6 is 15.9 Å². The number of benzene rings is 1. The molecule has 4 nitrogen and oxygen atoms in total. The summed E-state index contributed by atoms with van der Waals surface area (Å²) in [4.78, 5) is 14.0. The fourth-order valence-electron chi connectivity index (χ4n) is 2.16. The number of carbonyl (C=O) groups is 1. The maximum Gasteiger partial charge on any atom is 0.238 e. The van der Waals surface area contributed by atoms with Crippen molar-refractivity contribution in [3.05, 3.63) is 28.7 Å². The topological polar surface area (TPSA) is 52.6 Å². The molecule has 1 aromatic rings. The van der Waals surface area contributed by atoms with Crippen molar-refractivity contribution in [1.29, 1.82) is 0 Å². The molecule has 0 bridgehead atoms. The highest BCUT2D eigenvalue weighted by atomic mass is 79.9. The zero-order valence-corrected chi connectivity index (χ0v) is 11.7. The van der Waals surface area contributed by atoms with E-state index in [1.807, 2.05) is 24.3 Å². The molecule has 1 atom stereocenters. The lowest BCUT2D eigenvalue weighted by molar-refractivity contribution is -0.117. The average molecular weight is 313 g/mol. The van der Waals surface area contributed by atoms with Crippen molar-refractivity contribution in [3.63, 3.8) is 0 Å². The minimum absolute atomic E-state index is 0.0134. The molecular formula is C13H17BrN2O2. The van der Waals surface area contributed by atoms with E-state index in [9.17, 15) is 4.79 Å². The first-order chi connectivity index (χ1) is 8.69. The summed E-state index contributed by atoms with van der Waals surface area (Å²) >= 11 is 3.40. The maximum atomic E-state index is 11.9. The van der Waals surface area contributed by atoms with Gasteiger partial charge in [0.05, 0.1) is 12.2 Å². The Morgan fingerprint density at radius 2 is 2.28 bits per heavy atom. The molecule has 0 aliphatic carbocycles. The number of carbonyl (C=O) groups excluding carboxylic acids is 1. The molecule has 2 rings (SSSR count). The summed E-state index contributed by atoms with van der Waals surface area (Å²) in [6.07, 6.45) is 0.971. The number of hydrogen-bond donors (Lipinski definition) is 2. The maximum absolute atomic E-state index is 11.9. The Morgan fingerprint density at radius 3 is 2.94 bits per heavy atom. The molecule has 18 heavy (non-hydrogen) atoms. The molecule has 0 saturated carbocycles. The fraction of sp³-hybridized carbons (Fsp3) is 0.462. The highest BCUT2D eigenvalue weighted by molar-refractivity contribution is 9.10. The second kappa shape index (κ2) is 6.31. The van der Waals surface area contributed by atoms with Gasteiger partial charge in [0.1, 0.15) is 0 Å². The number of aliphatic hydroxyl groups excluding tert-OH is 1. The van der Waals surface area contributed by atoms with Crippen LogP contribution in [0.25, 0.3) is 0 Å². The largest absolute Gasteiger partial charge is 0.396 e. The van der Waals surface area contributed by atoms with Gasteiger partial charge in [-0.05, 0) is 46.9 Å². The van der Waals surface area contributed by atoms with E-state index in [1.54, 1.807) is 0 Å². The van der Waals surface area contributed by atoms with Crippen LogP contribution in [0.3, 0.4) is 0 Å². The number of nitrogens with zero attached hydrogens (tertiary/aromatic N) is 1. The predicted molar refractivity (Wildman–Crippen MR) is 74.4 cm³/mol. The first-order valence-corrected chi connectivity index (χ1v) is 6.86. The van der Waals surface area contributed by atoms with Gasteiger partial charge in [-0.1, -0.05) is 12.1 Å². The normalized spacial score (nSPS) is 20.0. The van der Waals surface area contributed by atoms with Crippen molar-refractivity contribution in [2.24, 2.45) is 5.92 Å². The Balaban J connectivity index is 1.84. The van der Waals surface area contributed by atoms with Crippen LogP contribution in [0.4, 0.5) is 5.69 Å². The molecule has 5 heteroatoms. The number of rotatable bonds is 4. The predicted octanol–water partition coefficient (Wildman–Crippen LogP) is 1.70. The van der Waals surface area contributed by atoms with E-state index in [4.69, 9.17) is 5.11 Å². The molecule has 0 spiro atoms. The number of anilines is 1. The summed E-state index contributed by atoms with van der Waals surface area (Å²) in [6.45, 7) is 2.29. The Hall–Kier alpha value is -0.910. The van der Waals surface area contributed by atoms with E-state index in [0.717, 1.165) is 29.7 Å². The Morgan fingerprint density at radius 1 is 1.50 bits per heavy atom. The molecular weight excluding hydrogens is 296 g/mol. The fourth-order valence-corrected chi connectivity index (χ4v) is 2.54. The number of nitrogens with one attached hydrogen (secondary N) is 1. The van der Waals surface area contributed by atoms with Crippen molar-refractivity contribution in [2.45, 2.75) is 6.42 Å². The molecule has 1 aromatic carbocycles. The summed E-state index contributed by atoms with van der Waals surface area (Å²) in [5.74, 6) is 0.307. The summed E-state index contributed by atoms with van der Waals surface area (Å²) in [6, 6.07) is 7.56. The van der Waals surface area contributed by atoms with E-state index in [-0.39, 0.29) is 12.5 Å². The lowest BCUT2D eigenvalue weighted by Crippen LogP contribution is -2.31. The molecule has 1 heterocycles. The zero-order valence-electron chi connectivity index (χ0n) is 10.1. The first-order valence-electron chi connectivity index (χ1n) is 6.06. The third kappa shape index (κ3) is 3.54. The van der Waals surface area contributed by atoms with Crippen LogP contribution in [-0.4, -0.2) is 42.2 Å². The van der Waals surface area contributed by atoms with Gasteiger partial charge in [0, 0.05) is 17.6 Å². The van der Waals surface area contributed by atoms with Crippen LogP contribution in [0.2, 0.25) is 0 Å². The highest BCUT2D eigenvalue weighted by Crippen LogP contribution is 2.21. The smallest absolute Gasteiger partial charge is 0.238 e. The van der Waals surface area contributed by atoms with E-state index < -0.39 is 0 Å². The van der Waals surface area contributed by atoms with Gasteiger partial charge in [-0.2, -0.15) is 0 Å². The molecule has 1 aliphatic rings. The quantitative estimate of drug-likeness (QED) is 0.890. The van der Waals surface area contributed by atoms with Crippen LogP contribution in [0.5, 0.6) is 0 Å². The number of para-hydroxylation sites is 1. The Kier molecular flexibility index (Phi) is 4.74. The molecule has 0 aromatic heterocycles. The van der Waals surface area contributed by atoms with Crippen molar-refractivity contribution in [3.8, 4) is 0 Å². The van der Waals surface area contributed by atoms with E-state index >= 15 is 0 Å². The van der Waals surface area contributed by atoms with Gasteiger partial charge in [0.15, 0.2) is 0 Å². The molecule has 2 N–H and O–H groups in total. The summed E-state index contributed by atoms with van der Waals surface area (Å²) in [5, 5.41) is 11.9. The number of amides is 1. The number of likely N-dealkylation sites (tertiary alicyclic amines) is 1. The van der Waals surface area contributed by atoms with Gasteiger partial charge in [-0.15, -0.1) is 0 Å². The van der Waals surface area contributed by atoms with Gasteiger partial charge in [-0.3, -0.25) is 9.69 Å². The lowest BCUT2D eigenvalue weighted by atomic mass is 10.1. The van der Waals surface area contributed by atoms with E-state index in [0.29, 0.717) is 12.5 Å². The van der Waals surface area contributed by atoms with Crippen molar-refractivity contribution < 1.29 is 9.90 Å². The molecule has 1 fully saturated rings. The third-order valence-electron chi connectivity index (χ3n) is 3.14. The SMILES string of the molecule is O=C(CN1CCC(CO)C1)Nc1ccccc1Br. The van der Waals surface area contributed by atoms with Gasteiger partial charge >= 0.3 is 0 Å². The van der Waals surface area contributed by atoms with E-state index in [2.05, 4.69) is 26.1 Å². The number of aliphatic hydroxyl groups is 1. The lowest BCUT2D eigenvalue weighted by Gasteiger charge is -2.15. The van der Waals surface area contributed by atoms with Gasteiger partial charge < -0.3 is 10.4 Å². The number of hydrogen-bond acceptors (Lipinski definition) is 3. The second-order valence-corrected chi connectivity index (χ2v) is 5.45. The average Bonchev–Trinajstić information content (AvgIpc) is 2.80. The van der Waals surface area contributed by atoms with Crippen LogP contribution in [-0.2, 0) is 4.79 Å². The Bertz CT molecular complexity index is 425. The molecule has 1 amide bonds. The monoisotopic (exact) mass is 312 g/mol. The molecule has 1 saturated heterocycles. The van der Waals surface area contributed by atoms with Gasteiger partial charge in [0.25, 0.3) is 0 Å². The van der Waals surface area contributed by atoms with Crippen LogP contribution in [0.1, 0.15) is 6.42 Å². The third-order valence-corrected chi connectivity index (χ3v) is 3.83. The molecule has 1 unspecified atom stereocenters. The highest BCUT2D eigenvalue weighted by Gasteiger charge is 2.23. The standard InChI is InChI=1S/C13H17BrN2O2/c14-11-3-1-2-4-12(11)15-13(18)8-16-6-5-10(7-16)9-17/h1-4,10,17H,5-9H2,(H,15,18).